The predicted octanol–water partition coefficient (Wildman–Crippen LogP) is -0.114. The van der Waals surface area contributed by atoms with Gasteiger partial charge >= 0.3 is 7.12 Å². The molecule has 14 heteroatoms. The number of aliphatic hydroxyl groups is 5. The fraction of sp³-hybridized carbons (Fsp3) is 0.485. The number of fused-ring (bicyclic) bond motifs is 3. The summed E-state index contributed by atoms with van der Waals surface area (Å²) in [6, 6.07) is 8.28. The molecule has 1 aliphatic heterocycles. The van der Waals surface area contributed by atoms with E-state index >= 15 is 0 Å². The molecule has 13 nitrogen and oxygen atoms in total. The molecule has 1 aromatic rings. The second kappa shape index (κ2) is 12.3. The van der Waals surface area contributed by atoms with E-state index in [2.05, 4.69) is 5.32 Å². The van der Waals surface area contributed by atoms with Crippen molar-refractivity contribution in [3.05, 3.63) is 77.0 Å². The Bertz CT molecular complexity index is 1580. The summed E-state index contributed by atoms with van der Waals surface area (Å²) < 4.78 is 11.7. The van der Waals surface area contributed by atoms with Crippen LogP contribution in [0.4, 0.5) is 0 Å². The topological polar surface area (TPSA) is 189 Å². The van der Waals surface area contributed by atoms with E-state index in [-0.39, 0.29) is 37.6 Å². The summed E-state index contributed by atoms with van der Waals surface area (Å²) in [6.45, 7) is 2.86. The van der Waals surface area contributed by atoms with Gasteiger partial charge in [0.1, 0.15) is 22.9 Å². The second-order valence-corrected chi connectivity index (χ2v) is 13.3. The van der Waals surface area contributed by atoms with Crippen LogP contribution < -0.4 is 10.8 Å². The van der Waals surface area contributed by atoms with Crippen molar-refractivity contribution < 1.29 is 49.2 Å². The lowest BCUT2D eigenvalue weighted by atomic mass is 9.52. The molecule has 0 spiro atoms. The number of nitrogens with one attached hydrogen (secondary N) is 1. The largest absolute Gasteiger partial charge is 0.512 e. The van der Waals surface area contributed by atoms with Gasteiger partial charge in [-0.3, -0.25) is 24.2 Å². The third-order valence-corrected chi connectivity index (χ3v) is 10.3. The number of nitrogens with zero attached hydrogens (tertiary/aromatic N) is 2. The lowest BCUT2D eigenvalue weighted by Gasteiger charge is -2.55. The normalized spacial score (nSPS) is 34.7. The molecule has 0 bridgehead atoms. The van der Waals surface area contributed by atoms with E-state index < -0.39 is 82.6 Å². The van der Waals surface area contributed by atoms with Gasteiger partial charge in [-0.1, -0.05) is 42.5 Å². The predicted molar refractivity (Wildman–Crippen MR) is 169 cm³/mol. The van der Waals surface area contributed by atoms with Gasteiger partial charge in [0.25, 0.3) is 5.91 Å². The van der Waals surface area contributed by atoms with Crippen molar-refractivity contribution in [3.8, 4) is 0 Å². The van der Waals surface area contributed by atoms with E-state index in [1.165, 1.54) is 24.0 Å². The van der Waals surface area contributed by atoms with Crippen LogP contribution in [0.3, 0.4) is 0 Å². The molecule has 0 unspecified atom stereocenters. The molecular formula is C33H40BN3O10. The van der Waals surface area contributed by atoms with Crippen molar-refractivity contribution in [2.75, 3.05) is 47.1 Å². The van der Waals surface area contributed by atoms with Crippen molar-refractivity contribution in [1.29, 1.82) is 0 Å². The first-order chi connectivity index (χ1) is 22.3. The molecule has 1 heterocycles. The Labute approximate surface area is 272 Å². The molecule has 7 atom stereocenters. The van der Waals surface area contributed by atoms with Gasteiger partial charge < -0.3 is 40.2 Å². The highest BCUT2D eigenvalue weighted by atomic mass is 16.6. The van der Waals surface area contributed by atoms with Gasteiger partial charge in [-0.15, -0.1) is 0 Å². The van der Waals surface area contributed by atoms with Gasteiger partial charge in [-0.05, 0) is 39.0 Å². The summed E-state index contributed by atoms with van der Waals surface area (Å²) in [7, 11) is 2.60. The summed E-state index contributed by atoms with van der Waals surface area (Å²) in [5.74, 6) is -9.14. The molecular weight excluding hydrogens is 609 g/mol. The number of Topliss-reactive ketones (excluding diaryl/α,β-unsaturated/α-hetero) is 2. The number of ketones is 2. The number of amides is 1. The quantitative estimate of drug-likeness (QED) is 0.184. The highest BCUT2D eigenvalue weighted by Crippen LogP contribution is 2.57. The molecule has 250 valence electrons. The standard InChI is InChI=1S/C33H40BN3O10/c1-32(44)19-10-7-11-22(38)23(19)27(39)24-20(32)16-21-26(36(2)3)28(40)25(30(42)33(21,45)29(24)41)31(43)35-17-37-12-14-46-34(47-15-13-37)18-8-5-4-6-9-18/h4-11,19-21,23,26,38,41-42,44-45H,12-17H2,1-3H3,(H,35,43)/t19-,20-,21+,23-,26-,32-,33+/m0/s1. The molecule has 47 heavy (non-hydrogen) atoms. The van der Waals surface area contributed by atoms with Gasteiger partial charge in [-0.25, -0.2) is 0 Å². The Kier molecular flexibility index (Phi) is 8.70. The molecule has 1 saturated carbocycles. The van der Waals surface area contributed by atoms with Crippen LogP contribution in [0.2, 0.25) is 0 Å². The number of aliphatic hydroxyl groups excluding tert-OH is 3. The molecule has 1 amide bonds. The van der Waals surface area contributed by atoms with Gasteiger partial charge in [-0.2, -0.15) is 0 Å². The molecule has 1 saturated heterocycles. The average molecular weight is 650 g/mol. The fourth-order valence-corrected chi connectivity index (χ4v) is 7.88. The van der Waals surface area contributed by atoms with E-state index in [9.17, 15) is 39.9 Å². The molecule has 1 aromatic carbocycles. The Morgan fingerprint density at radius 3 is 2.34 bits per heavy atom. The van der Waals surface area contributed by atoms with Crippen molar-refractivity contribution >= 4 is 30.1 Å². The summed E-state index contributed by atoms with van der Waals surface area (Å²) >= 11 is 0. The number of likely N-dealkylation sites (N-methyl/N-ethyl adjacent to an activating group) is 1. The number of benzene rings is 1. The minimum atomic E-state index is -2.70. The van der Waals surface area contributed by atoms with Crippen molar-refractivity contribution in [2.24, 2.45) is 23.7 Å². The molecule has 4 aliphatic carbocycles. The summed E-state index contributed by atoms with van der Waals surface area (Å²) in [5, 5.41) is 60.3. The Hall–Kier alpha value is -3.79. The average Bonchev–Trinajstić information content (AvgIpc) is 3.01. The van der Waals surface area contributed by atoms with Crippen LogP contribution in [0, 0.1) is 23.7 Å². The van der Waals surface area contributed by atoms with E-state index in [1.807, 2.05) is 35.2 Å². The molecule has 0 radical (unpaired) electrons. The first-order valence-corrected chi connectivity index (χ1v) is 15.7. The Balaban J connectivity index is 1.28. The highest BCUT2D eigenvalue weighted by Gasteiger charge is 2.67. The van der Waals surface area contributed by atoms with Crippen molar-refractivity contribution in [2.45, 2.75) is 30.6 Å². The third-order valence-electron chi connectivity index (χ3n) is 10.3. The second-order valence-electron chi connectivity index (χ2n) is 13.3. The van der Waals surface area contributed by atoms with E-state index in [0.717, 1.165) is 5.46 Å². The van der Waals surface area contributed by atoms with Crippen LogP contribution in [0.15, 0.2) is 77.0 Å². The zero-order chi connectivity index (χ0) is 33.8. The van der Waals surface area contributed by atoms with E-state index in [4.69, 9.17) is 9.31 Å². The smallest absolute Gasteiger partial charge is 0.493 e. The minimum absolute atomic E-state index is 0.0429. The summed E-state index contributed by atoms with van der Waals surface area (Å²) in [6.07, 6.45) is 4.28. The van der Waals surface area contributed by atoms with Gasteiger partial charge in [0.15, 0.2) is 17.2 Å². The number of carbonyl (C=O) groups excluding carboxylic acids is 3. The van der Waals surface area contributed by atoms with Crippen LogP contribution >= 0.6 is 0 Å². The maximum Gasteiger partial charge on any atom is 0.493 e. The van der Waals surface area contributed by atoms with E-state index in [0.29, 0.717) is 13.1 Å². The fourth-order valence-electron chi connectivity index (χ4n) is 7.88. The van der Waals surface area contributed by atoms with Crippen molar-refractivity contribution in [3.63, 3.8) is 0 Å². The highest BCUT2D eigenvalue weighted by molar-refractivity contribution is 6.61. The molecule has 0 aromatic heterocycles. The van der Waals surface area contributed by atoms with Crippen LogP contribution in [-0.4, -0.2) is 124 Å². The van der Waals surface area contributed by atoms with Crippen molar-refractivity contribution in [1.82, 2.24) is 15.1 Å². The Morgan fingerprint density at radius 2 is 1.70 bits per heavy atom. The minimum Gasteiger partial charge on any atom is -0.512 e. The first kappa shape index (κ1) is 33.1. The molecule has 6 rings (SSSR count). The number of rotatable bonds is 5. The number of hydrogen-bond acceptors (Lipinski definition) is 12. The van der Waals surface area contributed by atoms with Crippen LogP contribution in [-0.2, 0) is 23.7 Å². The monoisotopic (exact) mass is 649 g/mol. The number of allylic oxidation sites excluding steroid dienone is 3. The number of hydrogen-bond donors (Lipinski definition) is 6. The van der Waals surface area contributed by atoms with E-state index in [1.54, 1.807) is 20.2 Å². The maximum absolute atomic E-state index is 13.9. The Morgan fingerprint density at radius 1 is 1.04 bits per heavy atom. The van der Waals surface area contributed by atoms with Crippen LogP contribution in [0.1, 0.15) is 13.3 Å². The molecule has 6 N–H and O–H groups in total. The lowest BCUT2D eigenvalue weighted by Crippen LogP contribution is -2.66. The summed E-state index contributed by atoms with van der Waals surface area (Å²) in [5.41, 5.74) is -4.59. The van der Waals surface area contributed by atoms with Gasteiger partial charge in [0, 0.05) is 49.6 Å². The third kappa shape index (κ3) is 5.33. The first-order valence-electron chi connectivity index (χ1n) is 15.7. The molecule has 2 fully saturated rings. The van der Waals surface area contributed by atoms with Gasteiger partial charge in [0.2, 0.25) is 0 Å². The number of carbonyl (C=O) groups is 3. The zero-order valence-electron chi connectivity index (χ0n) is 26.5. The van der Waals surface area contributed by atoms with Gasteiger partial charge in [0.05, 0.1) is 24.2 Å². The van der Waals surface area contributed by atoms with Crippen LogP contribution in [0.5, 0.6) is 0 Å². The zero-order valence-corrected chi connectivity index (χ0v) is 26.5. The summed E-state index contributed by atoms with van der Waals surface area (Å²) in [4.78, 5) is 44.6. The lowest BCUT2D eigenvalue weighted by molar-refractivity contribution is -0.152. The SMILES string of the molecule is CN(C)[C@@H]1C(=O)C(C(=O)NCN2CCOB(c3ccccc3)OCC2)=C(O)[C@]2(O)C(O)=C3C(=O)[C@@H]4C(O)=CC=C[C@@H]4[C@](C)(O)[C@H]3C[C@H]12. The molecule has 5 aliphatic rings. The maximum atomic E-state index is 13.9. The van der Waals surface area contributed by atoms with Crippen LogP contribution in [0.25, 0.3) is 0 Å².